The van der Waals surface area contributed by atoms with Gasteiger partial charge in [0.15, 0.2) is 5.76 Å². The molecule has 220 valence electrons. The minimum absolute atomic E-state index is 0.00844. The van der Waals surface area contributed by atoms with Crippen molar-refractivity contribution in [3.63, 3.8) is 0 Å². The first kappa shape index (κ1) is 30.4. The van der Waals surface area contributed by atoms with Gasteiger partial charge in [0.05, 0.1) is 17.0 Å². The average molecular weight is 580 g/mol. The number of benzene rings is 3. The Hall–Kier alpha value is -4.60. The van der Waals surface area contributed by atoms with Gasteiger partial charge < -0.3 is 20.2 Å². The summed E-state index contributed by atoms with van der Waals surface area (Å²) in [6.45, 7) is 8.72. The number of anilines is 2. The standard InChI is InChI=1S/C32H32F3N3O4/c1-17-13-22(18(2)38-25-10-8-7-9-21(25)30(40)42-31(3,4)5)29-23(14-17)27(39)26(32(33,34)35)28(41-29)19-11-12-24(36)20(15-19)16-37-6/h7-16,18,38H,36H2,1-6H3. The number of carbonyl (C=O) groups is 1. The number of halogens is 3. The van der Waals surface area contributed by atoms with Crippen molar-refractivity contribution in [3.05, 3.63) is 92.6 Å². The maximum absolute atomic E-state index is 14.4. The molecule has 1 aromatic heterocycles. The number of esters is 1. The number of fused-ring (bicyclic) bond motifs is 1. The Kier molecular flexibility index (Phi) is 8.20. The molecule has 0 saturated heterocycles. The number of ether oxygens (including phenoxy) is 1. The molecule has 0 saturated carbocycles. The van der Waals surface area contributed by atoms with Crippen molar-refractivity contribution in [2.75, 3.05) is 18.1 Å². The van der Waals surface area contributed by atoms with Crippen LogP contribution in [-0.2, 0) is 10.9 Å². The van der Waals surface area contributed by atoms with E-state index in [1.54, 1.807) is 65.0 Å². The number of nitrogen functional groups attached to an aromatic ring is 1. The molecule has 4 rings (SSSR count). The van der Waals surface area contributed by atoms with E-state index in [0.717, 1.165) is 0 Å². The molecular weight excluding hydrogens is 547 g/mol. The van der Waals surface area contributed by atoms with Crippen LogP contribution in [0, 0.1) is 6.92 Å². The zero-order valence-corrected chi connectivity index (χ0v) is 24.1. The third kappa shape index (κ3) is 6.32. The SMILES string of the molecule is CN=Cc1cc(-c2oc3c(C(C)Nc4ccccc4C(=O)OC(C)(C)C)cc(C)cc3c(=O)c2C(F)(F)F)ccc1N. The Balaban J connectivity index is 1.92. The summed E-state index contributed by atoms with van der Waals surface area (Å²) < 4.78 is 54.7. The molecule has 1 heterocycles. The lowest BCUT2D eigenvalue weighted by molar-refractivity contribution is -0.138. The fraction of sp³-hybridized carbons (Fsp3) is 0.281. The Morgan fingerprint density at radius 3 is 2.43 bits per heavy atom. The van der Waals surface area contributed by atoms with Gasteiger partial charge in [-0.1, -0.05) is 18.2 Å². The van der Waals surface area contributed by atoms with Crippen molar-refractivity contribution in [2.24, 2.45) is 4.99 Å². The van der Waals surface area contributed by atoms with E-state index in [9.17, 15) is 22.8 Å². The number of nitrogens with zero attached hydrogens (tertiary/aromatic N) is 1. The van der Waals surface area contributed by atoms with E-state index in [2.05, 4.69) is 10.3 Å². The van der Waals surface area contributed by atoms with Crippen LogP contribution in [0.1, 0.15) is 66.3 Å². The van der Waals surface area contributed by atoms with Crippen molar-refractivity contribution in [1.82, 2.24) is 0 Å². The number of para-hydroxylation sites is 1. The molecule has 42 heavy (non-hydrogen) atoms. The third-order valence-electron chi connectivity index (χ3n) is 6.45. The van der Waals surface area contributed by atoms with Gasteiger partial charge in [-0.2, -0.15) is 13.2 Å². The molecule has 1 unspecified atom stereocenters. The topological polar surface area (TPSA) is 107 Å². The van der Waals surface area contributed by atoms with Crippen LogP contribution < -0.4 is 16.5 Å². The number of nitrogens with one attached hydrogen (secondary N) is 1. The van der Waals surface area contributed by atoms with Gasteiger partial charge in [0.2, 0.25) is 5.43 Å². The van der Waals surface area contributed by atoms with E-state index in [1.165, 1.54) is 37.5 Å². The summed E-state index contributed by atoms with van der Waals surface area (Å²) in [6, 6.07) is 13.5. The lowest BCUT2D eigenvalue weighted by Gasteiger charge is -2.23. The minimum Gasteiger partial charge on any atom is -0.456 e. The number of aryl methyl sites for hydroxylation is 1. The predicted molar refractivity (Wildman–Crippen MR) is 159 cm³/mol. The highest BCUT2D eigenvalue weighted by molar-refractivity contribution is 5.96. The van der Waals surface area contributed by atoms with E-state index in [0.29, 0.717) is 28.1 Å². The summed E-state index contributed by atoms with van der Waals surface area (Å²) >= 11 is 0. The summed E-state index contributed by atoms with van der Waals surface area (Å²) in [4.78, 5) is 30.3. The molecule has 0 aliphatic carbocycles. The van der Waals surface area contributed by atoms with Gasteiger partial charge in [0.25, 0.3) is 0 Å². The zero-order chi connectivity index (χ0) is 31.0. The van der Waals surface area contributed by atoms with Crippen molar-refractivity contribution in [3.8, 4) is 11.3 Å². The van der Waals surface area contributed by atoms with Crippen molar-refractivity contribution in [2.45, 2.75) is 52.4 Å². The highest BCUT2D eigenvalue weighted by Crippen LogP contribution is 2.39. The Morgan fingerprint density at radius 1 is 1.10 bits per heavy atom. The van der Waals surface area contributed by atoms with E-state index in [1.807, 2.05) is 0 Å². The predicted octanol–water partition coefficient (Wildman–Crippen LogP) is 7.55. The Bertz CT molecular complexity index is 1750. The highest BCUT2D eigenvalue weighted by atomic mass is 19.4. The molecular formula is C32H32F3N3O4. The van der Waals surface area contributed by atoms with Crippen LogP contribution in [0.25, 0.3) is 22.3 Å². The molecule has 0 amide bonds. The van der Waals surface area contributed by atoms with Crippen LogP contribution in [0.15, 0.2) is 68.8 Å². The summed E-state index contributed by atoms with van der Waals surface area (Å²) in [5, 5.41) is 3.04. The second kappa shape index (κ2) is 11.3. The molecule has 3 aromatic carbocycles. The van der Waals surface area contributed by atoms with Gasteiger partial charge in [-0.05, 0) is 76.6 Å². The fourth-order valence-electron chi connectivity index (χ4n) is 4.65. The molecule has 0 radical (unpaired) electrons. The minimum atomic E-state index is -5.00. The van der Waals surface area contributed by atoms with Gasteiger partial charge in [-0.15, -0.1) is 0 Å². The van der Waals surface area contributed by atoms with Gasteiger partial charge in [-0.3, -0.25) is 9.79 Å². The summed E-state index contributed by atoms with van der Waals surface area (Å²) in [5.41, 5.74) is 5.06. The number of alkyl halides is 3. The second-order valence-electron chi connectivity index (χ2n) is 11.0. The van der Waals surface area contributed by atoms with Crippen molar-refractivity contribution >= 4 is 34.5 Å². The number of aliphatic imine (C=N–C) groups is 1. The first-order valence-corrected chi connectivity index (χ1v) is 13.2. The van der Waals surface area contributed by atoms with E-state index < -0.39 is 40.5 Å². The maximum atomic E-state index is 14.4. The zero-order valence-electron chi connectivity index (χ0n) is 24.1. The highest BCUT2D eigenvalue weighted by Gasteiger charge is 2.40. The van der Waals surface area contributed by atoms with Crippen LogP contribution in [-0.4, -0.2) is 24.8 Å². The van der Waals surface area contributed by atoms with Crippen molar-refractivity contribution in [1.29, 1.82) is 0 Å². The lowest BCUT2D eigenvalue weighted by Crippen LogP contribution is -2.24. The Morgan fingerprint density at radius 2 is 1.79 bits per heavy atom. The molecule has 3 N–H and O–H groups in total. The van der Waals surface area contributed by atoms with Crippen LogP contribution in [0.3, 0.4) is 0 Å². The second-order valence-corrected chi connectivity index (χ2v) is 11.0. The first-order valence-electron chi connectivity index (χ1n) is 13.2. The van der Waals surface area contributed by atoms with Crippen molar-refractivity contribution < 1.29 is 27.1 Å². The van der Waals surface area contributed by atoms with Crippen LogP contribution in [0.4, 0.5) is 24.5 Å². The van der Waals surface area contributed by atoms with Crippen LogP contribution in [0.5, 0.6) is 0 Å². The number of rotatable bonds is 6. The maximum Gasteiger partial charge on any atom is 0.423 e. The fourth-order valence-corrected chi connectivity index (χ4v) is 4.65. The number of nitrogens with two attached hydrogens (primary N) is 1. The number of hydrogen-bond donors (Lipinski definition) is 2. The normalized spacial score (nSPS) is 13.0. The lowest BCUT2D eigenvalue weighted by atomic mass is 9.97. The first-order chi connectivity index (χ1) is 19.6. The largest absolute Gasteiger partial charge is 0.456 e. The van der Waals surface area contributed by atoms with Crippen LogP contribution >= 0.6 is 0 Å². The summed E-state index contributed by atoms with van der Waals surface area (Å²) in [7, 11) is 1.51. The summed E-state index contributed by atoms with van der Waals surface area (Å²) in [6.07, 6.45) is -3.58. The average Bonchev–Trinajstić information content (AvgIpc) is 2.88. The van der Waals surface area contributed by atoms with E-state index in [4.69, 9.17) is 14.9 Å². The molecule has 0 aliphatic rings. The third-order valence-corrected chi connectivity index (χ3v) is 6.45. The van der Waals surface area contributed by atoms with E-state index in [-0.39, 0.29) is 22.1 Å². The number of carbonyl (C=O) groups excluding carboxylic acids is 1. The quantitative estimate of drug-likeness (QED) is 0.139. The molecule has 0 bridgehead atoms. The van der Waals surface area contributed by atoms with Gasteiger partial charge >= 0.3 is 12.1 Å². The monoisotopic (exact) mass is 579 g/mol. The van der Waals surface area contributed by atoms with E-state index >= 15 is 0 Å². The van der Waals surface area contributed by atoms with Crippen LogP contribution in [0.2, 0.25) is 0 Å². The molecule has 1 atom stereocenters. The van der Waals surface area contributed by atoms with Gasteiger partial charge in [0.1, 0.15) is 16.7 Å². The smallest absolute Gasteiger partial charge is 0.423 e. The molecule has 0 spiro atoms. The molecule has 0 aliphatic heterocycles. The molecule has 0 fully saturated rings. The van der Waals surface area contributed by atoms with Gasteiger partial charge in [-0.25, -0.2) is 4.79 Å². The summed E-state index contributed by atoms with van der Waals surface area (Å²) in [5.74, 6) is -1.16. The number of hydrogen-bond acceptors (Lipinski definition) is 7. The Labute approximate surface area is 241 Å². The molecule has 4 aromatic rings. The molecule has 7 nitrogen and oxygen atoms in total. The molecule has 10 heteroatoms. The van der Waals surface area contributed by atoms with Gasteiger partial charge in [0, 0.05) is 41.3 Å².